The SMILES string of the molecule is CC1=CC(c2ccccc2)=C(C)[CH]1.[Cl][Zr][Cl]. The van der Waals surface area contributed by atoms with Crippen LogP contribution >= 0.6 is 17.0 Å². The molecule has 0 amide bonds. The van der Waals surface area contributed by atoms with E-state index in [1.807, 2.05) is 0 Å². The molecule has 0 spiro atoms. The second-order valence-electron chi connectivity index (χ2n) is 3.57. The van der Waals surface area contributed by atoms with Crippen LogP contribution in [0.5, 0.6) is 0 Å². The Kier molecular flexibility index (Phi) is 6.65. The second-order valence-corrected chi connectivity index (χ2v) is 7.30. The first-order chi connectivity index (χ1) is 7.69. The van der Waals surface area contributed by atoms with Crippen molar-refractivity contribution in [2.75, 3.05) is 0 Å². The summed E-state index contributed by atoms with van der Waals surface area (Å²) in [5.41, 5.74) is 5.38. The van der Waals surface area contributed by atoms with Gasteiger partial charge in [-0.15, -0.1) is 0 Å². The Morgan fingerprint density at radius 1 is 1.00 bits per heavy atom. The zero-order valence-corrected chi connectivity index (χ0v) is 13.3. The number of hydrogen-bond donors (Lipinski definition) is 0. The van der Waals surface area contributed by atoms with Gasteiger partial charge in [-0.1, -0.05) is 47.6 Å². The third kappa shape index (κ3) is 4.20. The quantitative estimate of drug-likeness (QED) is 0.679. The van der Waals surface area contributed by atoms with Gasteiger partial charge in [0.25, 0.3) is 0 Å². The molecule has 0 aliphatic heterocycles. The fourth-order valence-electron chi connectivity index (χ4n) is 1.73. The van der Waals surface area contributed by atoms with Crippen molar-refractivity contribution in [3.63, 3.8) is 0 Å². The van der Waals surface area contributed by atoms with Gasteiger partial charge in [-0.25, -0.2) is 0 Å². The summed E-state index contributed by atoms with van der Waals surface area (Å²) in [4.78, 5) is 0. The number of hydrogen-bond acceptors (Lipinski definition) is 0. The third-order valence-corrected chi connectivity index (χ3v) is 2.33. The van der Waals surface area contributed by atoms with Crippen LogP contribution in [-0.2, 0) is 20.8 Å². The Balaban J connectivity index is 0.000000386. The molecule has 2 rings (SSSR count). The summed E-state index contributed by atoms with van der Waals surface area (Å²) in [5.74, 6) is 0. The van der Waals surface area contributed by atoms with E-state index in [4.69, 9.17) is 17.0 Å². The molecule has 0 N–H and O–H groups in total. The van der Waals surface area contributed by atoms with Gasteiger partial charge < -0.3 is 0 Å². The van der Waals surface area contributed by atoms with Crippen LogP contribution < -0.4 is 0 Å². The standard InChI is InChI=1S/C13H13.2ClH.Zr/c1-10-8-11(2)13(9-10)12-6-4-3-5-7-12;;;/h3-9H,1-2H3;2*1H;/q;;;+2/p-2. The molecule has 0 unspecified atom stereocenters. The first-order valence-electron chi connectivity index (χ1n) is 4.94. The molecule has 0 bridgehead atoms. The zero-order valence-electron chi connectivity index (χ0n) is 9.30. The number of allylic oxidation sites excluding steroid dienone is 4. The van der Waals surface area contributed by atoms with Crippen molar-refractivity contribution >= 4 is 22.6 Å². The molecule has 0 aromatic heterocycles. The molecule has 83 valence electrons. The minimum atomic E-state index is -0.826. The van der Waals surface area contributed by atoms with Crippen LogP contribution in [-0.4, -0.2) is 0 Å². The predicted molar refractivity (Wildman–Crippen MR) is 68.8 cm³/mol. The van der Waals surface area contributed by atoms with E-state index in [-0.39, 0.29) is 0 Å². The van der Waals surface area contributed by atoms with Crippen LogP contribution in [0.3, 0.4) is 0 Å². The van der Waals surface area contributed by atoms with E-state index in [1.165, 1.54) is 22.3 Å². The fraction of sp³-hybridized carbons (Fsp3) is 0.154. The van der Waals surface area contributed by atoms with E-state index in [2.05, 4.69) is 56.7 Å². The maximum absolute atomic E-state index is 4.93. The molecule has 1 aromatic rings. The van der Waals surface area contributed by atoms with Crippen molar-refractivity contribution in [1.82, 2.24) is 0 Å². The van der Waals surface area contributed by atoms with Gasteiger partial charge in [0, 0.05) is 6.42 Å². The number of rotatable bonds is 1. The van der Waals surface area contributed by atoms with Gasteiger partial charge in [-0.05, 0) is 25.0 Å². The Bertz CT molecular complexity index is 394. The van der Waals surface area contributed by atoms with E-state index in [0.717, 1.165) is 0 Å². The van der Waals surface area contributed by atoms with Gasteiger partial charge in [-0.3, -0.25) is 0 Å². The molecule has 3 heteroatoms. The van der Waals surface area contributed by atoms with E-state index in [0.29, 0.717) is 0 Å². The third-order valence-electron chi connectivity index (χ3n) is 2.33. The Hall–Kier alpha value is 0.163. The van der Waals surface area contributed by atoms with Crippen LogP contribution in [0.25, 0.3) is 5.57 Å². The molecule has 1 aliphatic carbocycles. The van der Waals surface area contributed by atoms with Crippen molar-refractivity contribution in [3.05, 3.63) is 59.5 Å². The van der Waals surface area contributed by atoms with Gasteiger partial charge in [-0.2, -0.15) is 0 Å². The summed E-state index contributed by atoms with van der Waals surface area (Å²) < 4.78 is 0. The van der Waals surface area contributed by atoms with Gasteiger partial charge >= 0.3 is 37.9 Å². The molecule has 0 saturated heterocycles. The monoisotopic (exact) mass is 329 g/mol. The van der Waals surface area contributed by atoms with Crippen molar-refractivity contribution in [3.8, 4) is 0 Å². The molecule has 0 nitrogen and oxygen atoms in total. The van der Waals surface area contributed by atoms with Crippen LogP contribution in [0, 0.1) is 6.42 Å². The Labute approximate surface area is 116 Å². The van der Waals surface area contributed by atoms with E-state index < -0.39 is 20.8 Å². The van der Waals surface area contributed by atoms with Crippen molar-refractivity contribution < 1.29 is 20.8 Å². The van der Waals surface area contributed by atoms with Crippen LogP contribution in [0.1, 0.15) is 19.4 Å². The Morgan fingerprint density at radius 2 is 1.56 bits per heavy atom. The molecule has 0 heterocycles. The molecular weight excluding hydrogens is 318 g/mol. The number of benzene rings is 1. The molecule has 16 heavy (non-hydrogen) atoms. The summed E-state index contributed by atoms with van der Waals surface area (Å²) >= 11 is -0.826. The molecular formula is C13H13Cl2Zr. The van der Waals surface area contributed by atoms with Crippen LogP contribution in [0.15, 0.2) is 47.6 Å². The topological polar surface area (TPSA) is 0 Å². The van der Waals surface area contributed by atoms with E-state index >= 15 is 0 Å². The van der Waals surface area contributed by atoms with Gasteiger partial charge in [0.1, 0.15) is 0 Å². The van der Waals surface area contributed by atoms with Crippen molar-refractivity contribution in [2.24, 2.45) is 0 Å². The molecule has 1 radical (unpaired) electrons. The fourth-order valence-corrected chi connectivity index (χ4v) is 1.73. The molecule has 0 saturated carbocycles. The summed E-state index contributed by atoms with van der Waals surface area (Å²) in [5, 5.41) is 0. The zero-order chi connectivity index (χ0) is 12.0. The summed E-state index contributed by atoms with van der Waals surface area (Å²) in [6.07, 6.45) is 4.47. The Morgan fingerprint density at radius 3 is 2.00 bits per heavy atom. The minimum absolute atomic E-state index is 0.826. The van der Waals surface area contributed by atoms with Crippen LogP contribution in [0.4, 0.5) is 0 Å². The predicted octanol–water partition coefficient (Wildman–Crippen LogP) is 5.00. The maximum atomic E-state index is 4.93. The summed E-state index contributed by atoms with van der Waals surface area (Å²) in [6.45, 7) is 4.30. The second kappa shape index (κ2) is 7.48. The van der Waals surface area contributed by atoms with Gasteiger partial charge in [0.15, 0.2) is 0 Å². The van der Waals surface area contributed by atoms with Crippen LogP contribution in [0.2, 0.25) is 0 Å². The van der Waals surface area contributed by atoms with E-state index in [9.17, 15) is 0 Å². The first-order valence-corrected chi connectivity index (χ1v) is 11.3. The van der Waals surface area contributed by atoms with Crippen molar-refractivity contribution in [1.29, 1.82) is 0 Å². The van der Waals surface area contributed by atoms with Gasteiger partial charge in [0.05, 0.1) is 0 Å². The van der Waals surface area contributed by atoms with Crippen molar-refractivity contribution in [2.45, 2.75) is 13.8 Å². The molecule has 0 atom stereocenters. The number of halogens is 2. The average molecular weight is 331 g/mol. The summed E-state index contributed by atoms with van der Waals surface area (Å²) in [7, 11) is 9.87. The van der Waals surface area contributed by atoms with E-state index in [1.54, 1.807) is 0 Å². The molecule has 0 fully saturated rings. The first kappa shape index (κ1) is 14.2. The normalized spacial score (nSPS) is 14.1. The molecule has 1 aromatic carbocycles. The average Bonchev–Trinajstić information content (AvgIpc) is 2.60. The summed E-state index contributed by atoms with van der Waals surface area (Å²) in [6, 6.07) is 10.5. The molecule has 1 aliphatic rings. The van der Waals surface area contributed by atoms with Gasteiger partial charge in [0.2, 0.25) is 0 Å².